The molecule has 8 heteroatoms. The molecule has 1 saturated heterocycles. The number of benzene rings is 1. The lowest BCUT2D eigenvalue weighted by Crippen LogP contribution is -2.60. The summed E-state index contributed by atoms with van der Waals surface area (Å²) in [5.41, 5.74) is 1.95. The van der Waals surface area contributed by atoms with Crippen LogP contribution in [0.25, 0.3) is 0 Å². The number of hydrogen-bond donors (Lipinski definition) is 3. The van der Waals surface area contributed by atoms with E-state index in [9.17, 15) is 4.79 Å². The van der Waals surface area contributed by atoms with E-state index in [0.717, 1.165) is 50.8 Å². The molecule has 0 radical (unpaired) electrons. The van der Waals surface area contributed by atoms with Crippen LogP contribution < -0.4 is 16.0 Å². The van der Waals surface area contributed by atoms with E-state index in [-0.39, 0.29) is 35.4 Å². The fraction of sp³-hybridized carbons (Fsp3) is 0.667. The molecule has 32 heavy (non-hydrogen) atoms. The molecule has 0 bridgehead atoms. The maximum absolute atomic E-state index is 12.2. The highest BCUT2D eigenvalue weighted by Gasteiger charge is 2.38. The predicted molar refractivity (Wildman–Crippen MR) is 141 cm³/mol. The molecule has 0 unspecified atom stereocenters. The fourth-order valence-corrected chi connectivity index (χ4v) is 4.67. The number of ether oxygens (including phenoxy) is 1. The first-order chi connectivity index (χ1) is 15.2. The van der Waals surface area contributed by atoms with Crippen LogP contribution in [0.15, 0.2) is 29.3 Å². The summed E-state index contributed by atoms with van der Waals surface area (Å²) in [6, 6.07) is 7.77. The Balaban J connectivity index is 0.00000363. The number of nitrogens with zero attached hydrogens (tertiary/aromatic N) is 2. The molecule has 2 aliphatic rings. The number of carbonyl (C=O) groups is 1. The minimum Gasteiger partial charge on any atom is -0.379 e. The molecular weight excluding hydrogens is 517 g/mol. The Morgan fingerprint density at radius 1 is 1.12 bits per heavy atom. The number of nitrogens with one attached hydrogen (secondary N) is 3. The molecule has 1 aliphatic heterocycles. The van der Waals surface area contributed by atoms with E-state index >= 15 is 0 Å². The van der Waals surface area contributed by atoms with Gasteiger partial charge in [0.15, 0.2) is 5.96 Å². The number of halogens is 1. The number of amides is 1. The highest BCUT2D eigenvalue weighted by Crippen LogP contribution is 2.33. The molecule has 0 spiro atoms. The second kappa shape index (κ2) is 14.0. The van der Waals surface area contributed by atoms with Crippen molar-refractivity contribution >= 4 is 35.8 Å². The first-order valence-electron chi connectivity index (χ1n) is 11.8. The van der Waals surface area contributed by atoms with Crippen LogP contribution in [0.1, 0.15) is 61.4 Å². The van der Waals surface area contributed by atoms with Gasteiger partial charge in [-0.25, -0.2) is 0 Å². The van der Waals surface area contributed by atoms with E-state index in [4.69, 9.17) is 4.74 Å². The zero-order valence-corrected chi connectivity index (χ0v) is 22.0. The van der Waals surface area contributed by atoms with Gasteiger partial charge >= 0.3 is 0 Å². The van der Waals surface area contributed by atoms with Crippen molar-refractivity contribution in [3.8, 4) is 0 Å². The third-order valence-electron chi connectivity index (χ3n) is 6.46. The molecular formula is C24H40IN5O2. The summed E-state index contributed by atoms with van der Waals surface area (Å²) in [5.74, 6) is 0.787. The lowest BCUT2D eigenvalue weighted by molar-refractivity contribution is -0.0352. The van der Waals surface area contributed by atoms with Crippen molar-refractivity contribution in [3.05, 3.63) is 35.4 Å². The van der Waals surface area contributed by atoms with Crippen LogP contribution in [-0.2, 0) is 11.3 Å². The van der Waals surface area contributed by atoms with Crippen molar-refractivity contribution in [2.75, 3.05) is 46.4 Å². The van der Waals surface area contributed by atoms with Crippen LogP contribution >= 0.6 is 24.0 Å². The summed E-state index contributed by atoms with van der Waals surface area (Å²) in [6.07, 6.45) is 7.30. The summed E-state index contributed by atoms with van der Waals surface area (Å²) in [5, 5.41) is 9.94. The van der Waals surface area contributed by atoms with Gasteiger partial charge in [-0.3, -0.25) is 14.7 Å². The normalized spacial score (nSPS) is 19.0. The Kier molecular flexibility index (Phi) is 11.7. The van der Waals surface area contributed by atoms with Crippen LogP contribution in [0.3, 0.4) is 0 Å². The van der Waals surface area contributed by atoms with E-state index in [1.54, 1.807) is 0 Å². The third kappa shape index (κ3) is 7.59. The van der Waals surface area contributed by atoms with E-state index in [0.29, 0.717) is 18.7 Å². The van der Waals surface area contributed by atoms with Gasteiger partial charge in [-0.1, -0.05) is 38.3 Å². The number of guanidine groups is 1. The molecule has 1 saturated carbocycles. The van der Waals surface area contributed by atoms with Crippen LogP contribution in [-0.4, -0.2) is 68.7 Å². The summed E-state index contributed by atoms with van der Waals surface area (Å²) in [6.45, 7) is 7.96. The maximum Gasteiger partial charge on any atom is 0.251 e. The Bertz CT molecular complexity index is 731. The number of aliphatic imine (C=N–C) groups is 1. The van der Waals surface area contributed by atoms with Gasteiger partial charge in [-0.2, -0.15) is 0 Å². The van der Waals surface area contributed by atoms with E-state index in [2.05, 4.69) is 32.8 Å². The van der Waals surface area contributed by atoms with Gasteiger partial charge in [0.25, 0.3) is 5.91 Å². The standard InChI is InChI=1S/C24H39N5O2.HI/c1-3-12-26-22(30)21-9-7-8-20(17-21)18-27-23(25-2)28-19-24(10-5-4-6-11-24)29-13-15-31-16-14-29;/h7-9,17H,3-6,10-16,18-19H2,1-2H3,(H,26,30)(H2,25,27,28);1H. The molecule has 180 valence electrons. The van der Waals surface area contributed by atoms with Gasteiger partial charge in [0.1, 0.15) is 0 Å². The minimum absolute atomic E-state index is 0. The van der Waals surface area contributed by atoms with Crippen molar-refractivity contribution in [2.24, 2.45) is 4.99 Å². The maximum atomic E-state index is 12.2. The molecule has 3 N–H and O–H groups in total. The lowest BCUT2D eigenvalue weighted by Gasteiger charge is -2.48. The van der Waals surface area contributed by atoms with Gasteiger partial charge in [0.2, 0.25) is 0 Å². The lowest BCUT2D eigenvalue weighted by atomic mass is 9.80. The molecule has 7 nitrogen and oxygen atoms in total. The Morgan fingerprint density at radius 3 is 2.56 bits per heavy atom. The van der Waals surface area contributed by atoms with Crippen molar-refractivity contribution in [1.82, 2.24) is 20.9 Å². The number of hydrogen-bond acceptors (Lipinski definition) is 4. The first kappa shape index (κ1) is 26.9. The third-order valence-corrected chi connectivity index (χ3v) is 6.46. The highest BCUT2D eigenvalue weighted by molar-refractivity contribution is 14.0. The second-order valence-corrected chi connectivity index (χ2v) is 8.62. The largest absolute Gasteiger partial charge is 0.379 e. The number of rotatable bonds is 8. The average molecular weight is 558 g/mol. The Hall–Kier alpha value is -1.39. The fourth-order valence-electron chi connectivity index (χ4n) is 4.67. The Labute approximate surface area is 210 Å². The average Bonchev–Trinajstić information content (AvgIpc) is 2.84. The molecule has 0 atom stereocenters. The summed E-state index contributed by atoms with van der Waals surface area (Å²) in [4.78, 5) is 19.3. The summed E-state index contributed by atoms with van der Waals surface area (Å²) < 4.78 is 5.59. The SMILES string of the molecule is CCCNC(=O)c1cccc(CNC(=NC)NCC2(N3CCOCC3)CCCCC2)c1.I. The molecule has 1 aromatic carbocycles. The van der Waals surface area contributed by atoms with E-state index in [1.165, 1.54) is 32.1 Å². The predicted octanol–water partition coefficient (Wildman–Crippen LogP) is 3.14. The van der Waals surface area contributed by atoms with Crippen molar-refractivity contribution < 1.29 is 9.53 Å². The molecule has 1 aliphatic carbocycles. The topological polar surface area (TPSA) is 78.0 Å². The number of carbonyl (C=O) groups excluding carboxylic acids is 1. The van der Waals surface area contributed by atoms with Crippen molar-refractivity contribution in [3.63, 3.8) is 0 Å². The van der Waals surface area contributed by atoms with Gasteiger partial charge in [0, 0.05) is 50.9 Å². The number of morpholine rings is 1. The quantitative estimate of drug-likeness (QED) is 0.260. The Morgan fingerprint density at radius 2 is 1.88 bits per heavy atom. The van der Waals surface area contributed by atoms with Crippen LogP contribution in [0.5, 0.6) is 0 Å². The van der Waals surface area contributed by atoms with Crippen molar-refractivity contribution in [2.45, 2.75) is 57.5 Å². The van der Waals surface area contributed by atoms with Gasteiger partial charge < -0.3 is 20.7 Å². The molecule has 2 fully saturated rings. The monoisotopic (exact) mass is 557 g/mol. The zero-order valence-electron chi connectivity index (χ0n) is 19.6. The summed E-state index contributed by atoms with van der Waals surface area (Å²) >= 11 is 0. The highest BCUT2D eigenvalue weighted by atomic mass is 127. The van der Waals surface area contributed by atoms with E-state index in [1.807, 2.05) is 31.3 Å². The van der Waals surface area contributed by atoms with Crippen LogP contribution in [0.2, 0.25) is 0 Å². The summed E-state index contributed by atoms with van der Waals surface area (Å²) in [7, 11) is 1.81. The molecule has 1 heterocycles. The van der Waals surface area contributed by atoms with Crippen molar-refractivity contribution in [1.29, 1.82) is 0 Å². The molecule has 3 rings (SSSR count). The van der Waals surface area contributed by atoms with Gasteiger partial charge in [-0.05, 0) is 37.0 Å². The van der Waals surface area contributed by atoms with Crippen LogP contribution in [0.4, 0.5) is 0 Å². The van der Waals surface area contributed by atoms with Crippen LogP contribution in [0, 0.1) is 0 Å². The smallest absolute Gasteiger partial charge is 0.251 e. The second-order valence-electron chi connectivity index (χ2n) is 8.62. The van der Waals surface area contributed by atoms with Gasteiger partial charge in [-0.15, -0.1) is 24.0 Å². The van der Waals surface area contributed by atoms with Gasteiger partial charge in [0.05, 0.1) is 13.2 Å². The van der Waals surface area contributed by atoms with E-state index < -0.39 is 0 Å². The molecule has 0 aromatic heterocycles. The first-order valence-corrected chi connectivity index (χ1v) is 11.8. The molecule has 1 amide bonds. The minimum atomic E-state index is -0.0176. The molecule has 1 aromatic rings. The zero-order chi connectivity index (χ0) is 21.9.